The maximum absolute atomic E-state index is 12.1. The number of sulfonamides is 1. The Hall–Kier alpha value is -2.45. The van der Waals surface area contributed by atoms with Crippen molar-refractivity contribution in [3.05, 3.63) is 53.8 Å². The van der Waals surface area contributed by atoms with Gasteiger partial charge >= 0.3 is 0 Å². The Balaban J connectivity index is 2.08. The lowest BCUT2D eigenvalue weighted by Gasteiger charge is -2.15. The van der Waals surface area contributed by atoms with Crippen molar-refractivity contribution in [2.45, 2.75) is 18.6 Å². The Labute approximate surface area is 134 Å². The minimum absolute atomic E-state index is 0.200. The molecule has 0 saturated carbocycles. The highest BCUT2D eigenvalue weighted by molar-refractivity contribution is 7.89. The molecule has 2 rings (SSSR count). The summed E-state index contributed by atoms with van der Waals surface area (Å²) in [6.07, 6.45) is 4.97. The first-order valence-electron chi connectivity index (χ1n) is 6.84. The van der Waals surface area contributed by atoms with E-state index in [1.54, 1.807) is 36.4 Å². The Morgan fingerprint density at radius 1 is 1.17 bits per heavy atom. The molecule has 23 heavy (non-hydrogen) atoms. The van der Waals surface area contributed by atoms with Gasteiger partial charge in [0.2, 0.25) is 15.9 Å². The number of hydrogen-bond acceptors (Lipinski definition) is 4. The van der Waals surface area contributed by atoms with Crippen LogP contribution in [0.5, 0.6) is 0 Å². The minimum atomic E-state index is -3.70. The van der Waals surface area contributed by atoms with E-state index >= 15 is 0 Å². The van der Waals surface area contributed by atoms with Gasteiger partial charge in [-0.25, -0.2) is 13.6 Å². The van der Waals surface area contributed by atoms with Crippen LogP contribution in [0.3, 0.4) is 0 Å². The number of nitrogens with one attached hydrogen (secondary N) is 2. The summed E-state index contributed by atoms with van der Waals surface area (Å²) in [5.74, 6) is -0.584. The largest absolute Gasteiger partial charge is 0.326 e. The van der Waals surface area contributed by atoms with Crippen LogP contribution in [0.1, 0.15) is 23.7 Å². The highest BCUT2D eigenvalue weighted by atomic mass is 32.2. The molecule has 0 radical (unpaired) electrons. The summed E-state index contributed by atoms with van der Waals surface area (Å²) in [6.45, 7) is 1.39. The Kier molecular flexibility index (Phi) is 4.97. The fourth-order valence-electron chi connectivity index (χ4n) is 2.08. The van der Waals surface area contributed by atoms with Crippen LogP contribution in [0.25, 0.3) is 0 Å². The predicted molar refractivity (Wildman–Crippen MR) is 86.9 cm³/mol. The van der Waals surface area contributed by atoms with E-state index in [2.05, 4.69) is 10.6 Å². The van der Waals surface area contributed by atoms with Crippen LogP contribution in [-0.2, 0) is 14.8 Å². The van der Waals surface area contributed by atoms with Gasteiger partial charge in [0.25, 0.3) is 5.91 Å². The Morgan fingerprint density at radius 3 is 2.39 bits per heavy atom. The maximum Gasteiger partial charge on any atom is 0.255 e. The van der Waals surface area contributed by atoms with Crippen molar-refractivity contribution in [1.29, 1.82) is 0 Å². The van der Waals surface area contributed by atoms with E-state index in [4.69, 9.17) is 5.14 Å². The molecule has 0 aliphatic heterocycles. The third kappa shape index (κ3) is 4.76. The van der Waals surface area contributed by atoms with E-state index in [1.165, 1.54) is 13.0 Å². The first-order chi connectivity index (χ1) is 10.8. The van der Waals surface area contributed by atoms with Gasteiger partial charge in [-0.3, -0.25) is 9.59 Å². The van der Waals surface area contributed by atoms with Crippen molar-refractivity contribution in [3.63, 3.8) is 0 Å². The fourth-order valence-corrected chi connectivity index (χ4v) is 2.79. The number of amides is 2. The lowest BCUT2D eigenvalue weighted by atomic mass is 10.1. The Bertz CT molecular complexity index is 779. The zero-order valence-corrected chi connectivity index (χ0v) is 13.3. The normalized spacial score (nSPS) is 17.3. The first-order valence-corrected chi connectivity index (χ1v) is 8.45. The number of nitrogens with two attached hydrogens (primary N) is 1. The monoisotopic (exact) mass is 335 g/mol. The maximum atomic E-state index is 12.1. The molecule has 1 aromatic rings. The second-order valence-corrected chi connectivity index (χ2v) is 6.88. The summed E-state index contributed by atoms with van der Waals surface area (Å²) in [5.41, 5.74) is 1.34. The molecule has 4 N–H and O–H groups in total. The van der Waals surface area contributed by atoms with Crippen LogP contribution in [0.15, 0.2) is 48.2 Å². The van der Waals surface area contributed by atoms with E-state index in [9.17, 15) is 18.0 Å². The highest BCUT2D eigenvalue weighted by Crippen LogP contribution is 2.15. The summed E-state index contributed by atoms with van der Waals surface area (Å²) in [4.78, 5) is 23.1. The molecule has 0 spiro atoms. The number of anilines is 1. The number of allylic oxidation sites excluding steroid dienone is 2. The van der Waals surface area contributed by atoms with Gasteiger partial charge in [0, 0.05) is 23.9 Å². The zero-order valence-electron chi connectivity index (χ0n) is 12.4. The molecule has 0 bridgehead atoms. The van der Waals surface area contributed by atoms with Gasteiger partial charge in [0.05, 0.1) is 5.25 Å². The molecule has 0 saturated heterocycles. The summed E-state index contributed by atoms with van der Waals surface area (Å²) < 4.78 is 22.7. The van der Waals surface area contributed by atoms with Gasteiger partial charge in [-0.2, -0.15) is 0 Å². The molecule has 1 atom stereocenters. The summed E-state index contributed by atoms with van der Waals surface area (Å²) in [5, 5.41) is 9.50. The molecule has 1 aliphatic rings. The molecule has 122 valence electrons. The van der Waals surface area contributed by atoms with E-state index in [-0.39, 0.29) is 18.2 Å². The van der Waals surface area contributed by atoms with Crippen molar-refractivity contribution in [2.24, 2.45) is 5.14 Å². The number of carbonyl (C=O) groups is 2. The van der Waals surface area contributed by atoms with Gasteiger partial charge in [-0.15, -0.1) is 0 Å². The summed E-state index contributed by atoms with van der Waals surface area (Å²) in [7, 11) is -3.70. The molecule has 1 unspecified atom stereocenters. The smallest absolute Gasteiger partial charge is 0.255 e. The number of primary sulfonamides is 1. The van der Waals surface area contributed by atoms with Gasteiger partial charge in [-0.05, 0) is 42.8 Å². The predicted octanol–water partition coefficient (Wildman–Crippen LogP) is 0.876. The van der Waals surface area contributed by atoms with Crippen LogP contribution in [-0.4, -0.2) is 25.5 Å². The van der Waals surface area contributed by atoms with Gasteiger partial charge in [0.15, 0.2) is 0 Å². The van der Waals surface area contributed by atoms with Crippen LogP contribution < -0.4 is 15.8 Å². The van der Waals surface area contributed by atoms with Crippen molar-refractivity contribution in [3.8, 4) is 0 Å². The second-order valence-electron chi connectivity index (χ2n) is 5.10. The van der Waals surface area contributed by atoms with Crippen molar-refractivity contribution in [2.75, 3.05) is 5.32 Å². The van der Waals surface area contributed by atoms with E-state index < -0.39 is 15.3 Å². The summed E-state index contributed by atoms with van der Waals surface area (Å²) in [6, 6.07) is 6.33. The molecule has 8 heteroatoms. The highest BCUT2D eigenvalue weighted by Gasteiger charge is 2.21. The molecule has 1 aromatic carbocycles. The third-order valence-electron chi connectivity index (χ3n) is 3.18. The number of rotatable bonds is 4. The van der Waals surface area contributed by atoms with Gasteiger partial charge in [-0.1, -0.05) is 6.08 Å². The van der Waals surface area contributed by atoms with Crippen LogP contribution >= 0.6 is 0 Å². The number of hydrogen-bond donors (Lipinski definition) is 3. The van der Waals surface area contributed by atoms with E-state index in [1.807, 2.05) is 0 Å². The molecular weight excluding hydrogens is 318 g/mol. The third-order valence-corrected chi connectivity index (χ3v) is 4.35. The molecular formula is C15H17N3O4S. The van der Waals surface area contributed by atoms with Crippen molar-refractivity contribution < 1.29 is 18.0 Å². The van der Waals surface area contributed by atoms with Crippen molar-refractivity contribution in [1.82, 2.24) is 5.32 Å². The summed E-state index contributed by atoms with van der Waals surface area (Å²) >= 11 is 0. The average Bonchev–Trinajstić information content (AvgIpc) is 2.46. The number of carbonyl (C=O) groups excluding carboxylic acids is 2. The second kappa shape index (κ2) is 6.76. The van der Waals surface area contributed by atoms with Crippen molar-refractivity contribution >= 4 is 27.5 Å². The average molecular weight is 335 g/mol. The van der Waals surface area contributed by atoms with E-state index in [0.29, 0.717) is 16.9 Å². The SMILES string of the molecule is CC(=O)Nc1ccc(C(=O)NC2=CC(S(N)(=O)=O)CC=C2)cc1. The van der Waals surface area contributed by atoms with Crippen LogP contribution in [0, 0.1) is 0 Å². The lowest BCUT2D eigenvalue weighted by Crippen LogP contribution is -2.31. The molecule has 7 nitrogen and oxygen atoms in total. The quantitative estimate of drug-likeness (QED) is 0.756. The standard InChI is InChI=1S/C15H17N3O4S/c1-10(19)17-12-7-5-11(6-8-12)15(20)18-13-3-2-4-14(9-13)23(16,21)22/h2-3,5-9,14H,4H2,1H3,(H,17,19)(H,18,20)(H2,16,21,22). The van der Waals surface area contributed by atoms with Crippen LogP contribution in [0.4, 0.5) is 5.69 Å². The topological polar surface area (TPSA) is 118 Å². The van der Waals surface area contributed by atoms with Gasteiger partial charge in [0.1, 0.15) is 0 Å². The minimum Gasteiger partial charge on any atom is -0.326 e. The molecule has 1 aliphatic carbocycles. The zero-order chi connectivity index (χ0) is 17.0. The van der Waals surface area contributed by atoms with E-state index in [0.717, 1.165) is 0 Å². The Morgan fingerprint density at radius 2 is 1.83 bits per heavy atom. The first kappa shape index (κ1) is 16.9. The van der Waals surface area contributed by atoms with Gasteiger partial charge < -0.3 is 10.6 Å². The molecule has 0 fully saturated rings. The fraction of sp³-hybridized carbons (Fsp3) is 0.200. The molecule has 0 aromatic heterocycles. The molecule has 0 heterocycles. The molecule has 2 amide bonds. The van der Waals surface area contributed by atoms with Crippen LogP contribution in [0.2, 0.25) is 0 Å². The number of benzene rings is 1. The lowest BCUT2D eigenvalue weighted by molar-refractivity contribution is -0.114.